The summed E-state index contributed by atoms with van der Waals surface area (Å²) < 4.78 is 0. The van der Waals surface area contributed by atoms with E-state index in [1.54, 1.807) is 30.3 Å². The van der Waals surface area contributed by atoms with Crippen LogP contribution in [0.15, 0.2) is 54.6 Å². The number of anilines is 4. The number of benzene rings is 2. The van der Waals surface area contributed by atoms with Gasteiger partial charge in [-0.1, -0.05) is 40.9 Å². The Morgan fingerprint density at radius 3 is 2.23 bits per heavy atom. The van der Waals surface area contributed by atoms with E-state index in [9.17, 15) is 0 Å². The van der Waals surface area contributed by atoms with E-state index in [2.05, 4.69) is 26.1 Å². The second kappa shape index (κ2) is 8.51. The van der Waals surface area contributed by atoms with Gasteiger partial charge in [-0.25, -0.2) is 0 Å². The van der Waals surface area contributed by atoms with Crippen LogP contribution in [-0.4, -0.2) is 15.3 Å². The molecule has 0 aliphatic carbocycles. The number of nitrogens with one attached hydrogen (secondary N) is 3. The summed E-state index contributed by atoms with van der Waals surface area (Å²) >= 11 is 23.1. The van der Waals surface area contributed by atoms with Crippen molar-refractivity contribution in [2.24, 2.45) is 0 Å². The minimum Gasteiger partial charge on any atom is -0.339 e. The summed E-state index contributed by atoms with van der Waals surface area (Å²) in [6, 6.07) is 16.2. The van der Waals surface area contributed by atoms with E-state index in [-0.39, 0.29) is 0 Å². The average molecular weight is 425 g/mol. The van der Waals surface area contributed by atoms with Crippen molar-refractivity contribution in [2.75, 3.05) is 16.0 Å². The number of thiocarbonyl (C=S) groups is 1. The highest BCUT2D eigenvalue weighted by molar-refractivity contribution is 7.80. The van der Waals surface area contributed by atoms with E-state index in [0.29, 0.717) is 31.8 Å². The molecular formula is C17H12Cl3N5S. The smallest absolute Gasteiger partial charge is 0.175 e. The van der Waals surface area contributed by atoms with Crippen molar-refractivity contribution in [3.8, 4) is 0 Å². The molecule has 9 heteroatoms. The zero-order valence-corrected chi connectivity index (χ0v) is 16.2. The van der Waals surface area contributed by atoms with Crippen LogP contribution in [0.25, 0.3) is 0 Å². The van der Waals surface area contributed by atoms with E-state index < -0.39 is 0 Å². The molecule has 0 saturated carbocycles. The second-order valence-electron chi connectivity index (χ2n) is 5.12. The van der Waals surface area contributed by atoms with Crippen molar-refractivity contribution in [2.45, 2.75) is 0 Å². The van der Waals surface area contributed by atoms with Crippen molar-refractivity contribution in [1.82, 2.24) is 10.2 Å². The van der Waals surface area contributed by atoms with Crippen molar-refractivity contribution < 1.29 is 0 Å². The molecule has 0 spiro atoms. The van der Waals surface area contributed by atoms with Gasteiger partial charge in [0.2, 0.25) is 0 Å². The summed E-state index contributed by atoms with van der Waals surface area (Å²) in [7, 11) is 0. The normalized spacial score (nSPS) is 10.3. The Balaban J connectivity index is 1.60. The molecule has 1 aromatic heterocycles. The van der Waals surface area contributed by atoms with Gasteiger partial charge in [-0.15, -0.1) is 10.2 Å². The first-order valence-corrected chi connectivity index (χ1v) is 8.94. The number of hydrogen-bond acceptors (Lipinski definition) is 4. The molecule has 3 N–H and O–H groups in total. The molecule has 0 unspecified atom stereocenters. The molecule has 132 valence electrons. The molecule has 1 heterocycles. The van der Waals surface area contributed by atoms with Gasteiger partial charge in [-0.3, -0.25) is 0 Å². The largest absolute Gasteiger partial charge is 0.339 e. The summed E-state index contributed by atoms with van der Waals surface area (Å²) in [5.74, 6) is 0.600. The average Bonchev–Trinajstić information content (AvgIpc) is 2.62. The Kier molecular flexibility index (Phi) is 6.11. The Morgan fingerprint density at radius 1 is 0.808 bits per heavy atom. The minimum absolute atomic E-state index is 0.343. The Labute approximate surface area is 170 Å². The zero-order chi connectivity index (χ0) is 18.5. The van der Waals surface area contributed by atoms with Crippen LogP contribution in [0.5, 0.6) is 0 Å². The molecular weight excluding hydrogens is 413 g/mol. The van der Waals surface area contributed by atoms with Crippen LogP contribution >= 0.6 is 47.0 Å². The third kappa shape index (κ3) is 4.95. The van der Waals surface area contributed by atoms with Gasteiger partial charge in [0.25, 0.3) is 0 Å². The lowest BCUT2D eigenvalue weighted by molar-refractivity contribution is 1.04. The van der Waals surface area contributed by atoms with Gasteiger partial charge < -0.3 is 16.0 Å². The van der Waals surface area contributed by atoms with E-state index in [1.807, 2.05) is 24.3 Å². The van der Waals surface area contributed by atoms with Crippen LogP contribution in [0.1, 0.15) is 0 Å². The van der Waals surface area contributed by atoms with Gasteiger partial charge in [0.15, 0.2) is 16.1 Å². The fourth-order valence-electron chi connectivity index (χ4n) is 2.05. The van der Waals surface area contributed by atoms with E-state index in [1.165, 1.54) is 0 Å². The van der Waals surface area contributed by atoms with Gasteiger partial charge in [0, 0.05) is 11.4 Å². The molecule has 0 fully saturated rings. The van der Waals surface area contributed by atoms with Crippen molar-refractivity contribution in [1.29, 1.82) is 0 Å². The summed E-state index contributed by atoms with van der Waals surface area (Å²) in [4.78, 5) is 0. The van der Waals surface area contributed by atoms with Crippen molar-refractivity contribution >= 4 is 75.0 Å². The molecule has 0 saturated heterocycles. The van der Waals surface area contributed by atoms with Crippen LogP contribution in [0.3, 0.4) is 0 Å². The van der Waals surface area contributed by atoms with E-state index >= 15 is 0 Å². The summed E-state index contributed by atoms with van der Waals surface area (Å²) in [6.07, 6.45) is 0. The molecule has 0 aliphatic rings. The first-order valence-electron chi connectivity index (χ1n) is 7.39. The maximum absolute atomic E-state index is 6.14. The molecule has 0 radical (unpaired) electrons. The molecule has 3 rings (SSSR count). The quantitative estimate of drug-likeness (QED) is 0.447. The maximum atomic E-state index is 6.14. The van der Waals surface area contributed by atoms with Gasteiger partial charge in [0.05, 0.1) is 15.7 Å². The summed E-state index contributed by atoms with van der Waals surface area (Å²) in [6.45, 7) is 0. The first kappa shape index (κ1) is 18.7. The standard InChI is InChI=1S/C17H12Cl3N5S/c18-12-2-1-3-13(16(12)20)23-17(26)22-11-6-4-10(5-7-11)21-15-9-8-14(19)24-25-15/h1-9H,(H,21,25)(H2,22,23,26). The fourth-order valence-corrected chi connectivity index (χ4v) is 2.73. The van der Waals surface area contributed by atoms with Crippen LogP contribution in [0.4, 0.5) is 22.9 Å². The van der Waals surface area contributed by atoms with Crippen LogP contribution < -0.4 is 16.0 Å². The Bertz CT molecular complexity index is 917. The molecule has 0 aliphatic heterocycles. The number of halogens is 3. The lowest BCUT2D eigenvalue weighted by Gasteiger charge is -2.13. The predicted octanol–water partition coefficient (Wildman–Crippen LogP) is 5.99. The van der Waals surface area contributed by atoms with Crippen molar-refractivity contribution in [3.05, 3.63) is 69.8 Å². The Morgan fingerprint density at radius 2 is 1.54 bits per heavy atom. The highest BCUT2D eigenvalue weighted by Crippen LogP contribution is 2.29. The summed E-state index contributed by atoms with van der Waals surface area (Å²) in [5.41, 5.74) is 2.30. The van der Waals surface area contributed by atoms with Crippen LogP contribution in [-0.2, 0) is 0 Å². The Hall–Kier alpha value is -2.12. The van der Waals surface area contributed by atoms with Gasteiger partial charge in [0.1, 0.15) is 0 Å². The fraction of sp³-hybridized carbons (Fsp3) is 0. The highest BCUT2D eigenvalue weighted by Gasteiger charge is 2.06. The number of hydrogen-bond donors (Lipinski definition) is 3. The molecule has 2 aromatic carbocycles. The molecule has 5 nitrogen and oxygen atoms in total. The monoisotopic (exact) mass is 423 g/mol. The number of aromatic nitrogens is 2. The maximum Gasteiger partial charge on any atom is 0.175 e. The molecule has 3 aromatic rings. The van der Waals surface area contributed by atoms with E-state index in [4.69, 9.17) is 47.0 Å². The second-order valence-corrected chi connectivity index (χ2v) is 6.70. The lowest BCUT2D eigenvalue weighted by atomic mass is 10.3. The van der Waals surface area contributed by atoms with Gasteiger partial charge in [-0.05, 0) is 60.7 Å². The molecule has 26 heavy (non-hydrogen) atoms. The first-order chi connectivity index (χ1) is 12.5. The highest BCUT2D eigenvalue weighted by atomic mass is 35.5. The van der Waals surface area contributed by atoms with Crippen molar-refractivity contribution in [3.63, 3.8) is 0 Å². The molecule has 0 atom stereocenters. The number of nitrogens with zero attached hydrogens (tertiary/aromatic N) is 2. The molecule has 0 bridgehead atoms. The van der Waals surface area contributed by atoms with Gasteiger partial charge in [-0.2, -0.15) is 0 Å². The minimum atomic E-state index is 0.343. The summed E-state index contributed by atoms with van der Waals surface area (Å²) in [5, 5.41) is 18.6. The SMILES string of the molecule is S=C(Nc1ccc(Nc2ccc(Cl)nn2)cc1)Nc1cccc(Cl)c1Cl. The van der Waals surface area contributed by atoms with Gasteiger partial charge >= 0.3 is 0 Å². The van der Waals surface area contributed by atoms with Crippen LogP contribution in [0.2, 0.25) is 15.2 Å². The lowest BCUT2D eigenvalue weighted by Crippen LogP contribution is -2.19. The predicted molar refractivity (Wildman–Crippen MR) is 113 cm³/mol. The van der Waals surface area contributed by atoms with E-state index in [0.717, 1.165) is 11.4 Å². The zero-order valence-electron chi connectivity index (χ0n) is 13.1. The van der Waals surface area contributed by atoms with Crippen LogP contribution in [0, 0.1) is 0 Å². The molecule has 0 amide bonds. The third-order valence-electron chi connectivity index (χ3n) is 3.25. The topological polar surface area (TPSA) is 61.9 Å². The number of rotatable bonds is 4. The third-order valence-corrected chi connectivity index (χ3v) is 4.47.